The van der Waals surface area contributed by atoms with Gasteiger partial charge in [0.15, 0.2) is 5.13 Å². The number of carbonyl (C=O) groups excluding carboxylic acids is 1. The van der Waals surface area contributed by atoms with Crippen LogP contribution in [0.25, 0.3) is 10.2 Å². The molecular formula is C18H18N2O2S. The number of thiazole rings is 1. The molecule has 1 aromatic heterocycles. The fourth-order valence-corrected chi connectivity index (χ4v) is 3.17. The summed E-state index contributed by atoms with van der Waals surface area (Å²) < 4.78 is 6.49. The number of amides is 1. The van der Waals surface area contributed by atoms with Crippen molar-refractivity contribution in [1.82, 2.24) is 4.98 Å². The van der Waals surface area contributed by atoms with Gasteiger partial charge in [-0.15, -0.1) is 0 Å². The number of carbonyl (C=O) groups is 1. The Hall–Kier alpha value is -2.40. The lowest BCUT2D eigenvalue weighted by atomic mass is 10.1. The SMILES string of the molecule is CCOc1ccc(CCC(=O)Nc2nc3ccccc3s2)cc1. The van der Waals surface area contributed by atoms with Crippen molar-refractivity contribution in [3.8, 4) is 5.75 Å². The molecule has 0 aliphatic heterocycles. The van der Waals surface area contributed by atoms with Crippen LogP contribution in [-0.4, -0.2) is 17.5 Å². The number of fused-ring (bicyclic) bond motifs is 1. The molecule has 1 amide bonds. The molecule has 0 bridgehead atoms. The van der Waals surface area contributed by atoms with Crippen molar-refractivity contribution in [3.05, 3.63) is 54.1 Å². The maximum atomic E-state index is 12.1. The summed E-state index contributed by atoms with van der Waals surface area (Å²) in [6.45, 7) is 2.62. The zero-order chi connectivity index (χ0) is 16.1. The Bertz CT molecular complexity index is 763. The standard InChI is InChI=1S/C18H18N2O2S/c1-2-22-14-10-7-13(8-11-14)9-12-17(21)20-18-19-15-5-3-4-6-16(15)23-18/h3-8,10-11H,2,9,12H2,1H3,(H,19,20,21). The highest BCUT2D eigenvalue weighted by Gasteiger charge is 2.08. The molecule has 4 nitrogen and oxygen atoms in total. The first-order chi connectivity index (χ1) is 11.2. The molecule has 3 aromatic rings. The maximum Gasteiger partial charge on any atom is 0.226 e. The van der Waals surface area contributed by atoms with Crippen LogP contribution in [0.5, 0.6) is 5.75 Å². The number of hydrogen-bond donors (Lipinski definition) is 1. The summed E-state index contributed by atoms with van der Waals surface area (Å²) in [5.41, 5.74) is 2.03. The van der Waals surface area contributed by atoms with Crippen LogP contribution in [-0.2, 0) is 11.2 Å². The summed E-state index contributed by atoms with van der Waals surface area (Å²) in [5.74, 6) is 0.841. The Morgan fingerprint density at radius 1 is 1.17 bits per heavy atom. The predicted molar refractivity (Wildman–Crippen MR) is 94.2 cm³/mol. The van der Waals surface area contributed by atoms with Crippen LogP contribution in [0.4, 0.5) is 5.13 Å². The molecule has 0 fully saturated rings. The number of benzene rings is 2. The normalized spacial score (nSPS) is 10.7. The number of anilines is 1. The van der Waals surface area contributed by atoms with E-state index in [1.54, 1.807) is 0 Å². The quantitative estimate of drug-likeness (QED) is 0.736. The average molecular weight is 326 g/mol. The minimum Gasteiger partial charge on any atom is -0.494 e. The summed E-state index contributed by atoms with van der Waals surface area (Å²) in [4.78, 5) is 16.5. The fourth-order valence-electron chi connectivity index (χ4n) is 2.28. The van der Waals surface area contributed by atoms with Gasteiger partial charge in [0, 0.05) is 6.42 Å². The number of aromatic nitrogens is 1. The van der Waals surface area contributed by atoms with Crippen LogP contribution in [0.2, 0.25) is 0 Å². The van der Waals surface area contributed by atoms with Crippen LogP contribution >= 0.6 is 11.3 Å². The molecule has 0 atom stereocenters. The number of ether oxygens (including phenoxy) is 1. The smallest absolute Gasteiger partial charge is 0.226 e. The molecule has 0 aliphatic carbocycles. The first kappa shape index (κ1) is 15.5. The van der Waals surface area contributed by atoms with Crippen molar-refractivity contribution in [3.63, 3.8) is 0 Å². The molecule has 0 unspecified atom stereocenters. The predicted octanol–water partition coefficient (Wildman–Crippen LogP) is 4.27. The van der Waals surface area contributed by atoms with E-state index < -0.39 is 0 Å². The molecular weight excluding hydrogens is 308 g/mol. The van der Waals surface area contributed by atoms with Crippen molar-refractivity contribution in [1.29, 1.82) is 0 Å². The molecule has 0 aliphatic rings. The van der Waals surface area contributed by atoms with Crippen molar-refractivity contribution >= 4 is 32.6 Å². The van der Waals surface area contributed by atoms with Crippen molar-refractivity contribution < 1.29 is 9.53 Å². The van der Waals surface area contributed by atoms with E-state index in [1.807, 2.05) is 55.5 Å². The summed E-state index contributed by atoms with van der Waals surface area (Å²) in [6, 6.07) is 15.7. The van der Waals surface area contributed by atoms with E-state index in [0.29, 0.717) is 24.6 Å². The zero-order valence-electron chi connectivity index (χ0n) is 12.9. The molecule has 1 heterocycles. The van der Waals surface area contributed by atoms with Crippen molar-refractivity contribution in [2.24, 2.45) is 0 Å². The molecule has 1 N–H and O–H groups in total. The van der Waals surface area contributed by atoms with Gasteiger partial charge in [-0.3, -0.25) is 4.79 Å². The van der Waals surface area contributed by atoms with E-state index in [9.17, 15) is 4.79 Å². The van der Waals surface area contributed by atoms with Gasteiger partial charge in [-0.2, -0.15) is 0 Å². The van der Waals surface area contributed by atoms with Gasteiger partial charge >= 0.3 is 0 Å². The molecule has 118 valence electrons. The Kier molecular flexibility index (Phi) is 4.88. The molecule has 0 radical (unpaired) electrons. The monoisotopic (exact) mass is 326 g/mol. The van der Waals surface area contributed by atoms with Crippen LogP contribution < -0.4 is 10.1 Å². The highest BCUT2D eigenvalue weighted by atomic mass is 32.1. The molecule has 0 saturated heterocycles. The molecule has 3 rings (SSSR count). The third-order valence-electron chi connectivity index (χ3n) is 3.42. The Balaban J connectivity index is 1.54. The zero-order valence-corrected chi connectivity index (χ0v) is 13.7. The minimum absolute atomic E-state index is 0.0158. The lowest BCUT2D eigenvalue weighted by molar-refractivity contribution is -0.116. The van der Waals surface area contributed by atoms with E-state index in [4.69, 9.17) is 4.74 Å². The highest BCUT2D eigenvalue weighted by Crippen LogP contribution is 2.25. The Labute approximate surface area is 139 Å². The van der Waals surface area contributed by atoms with Crippen LogP contribution in [0.3, 0.4) is 0 Å². The first-order valence-electron chi connectivity index (χ1n) is 7.62. The number of para-hydroxylation sites is 1. The third kappa shape index (κ3) is 4.07. The second-order valence-corrected chi connectivity index (χ2v) is 6.14. The lowest BCUT2D eigenvalue weighted by Crippen LogP contribution is -2.12. The first-order valence-corrected chi connectivity index (χ1v) is 8.43. The van der Waals surface area contributed by atoms with Crippen molar-refractivity contribution in [2.45, 2.75) is 19.8 Å². The highest BCUT2D eigenvalue weighted by molar-refractivity contribution is 7.22. The van der Waals surface area contributed by atoms with Gasteiger partial charge in [0.25, 0.3) is 0 Å². The average Bonchev–Trinajstić information content (AvgIpc) is 2.96. The molecule has 2 aromatic carbocycles. The van der Waals surface area contributed by atoms with Gasteiger partial charge in [0.2, 0.25) is 5.91 Å². The fraction of sp³-hybridized carbons (Fsp3) is 0.222. The molecule has 0 saturated carbocycles. The summed E-state index contributed by atoms with van der Waals surface area (Å²) in [6.07, 6.45) is 1.13. The van der Waals surface area contributed by atoms with Crippen LogP contribution in [0, 0.1) is 0 Å². The summed E-state index contributed by atoms with van der Waals surface area (Å²) >= 11 is 1.50. The van der Waals surface area contributed by atoms with E-state index in [1.165, 1.54) is 11.3 Å². The number of rotatable bonds is 6. The second kappa shape index (κ2) is 7.24. The number of nitrogens with zero attached hydrogens (tertiary/aromatic N) is 1. The maximum absolute atomic E-state index is 12.1. The molecule has 5 heteroatoms. The van der Waals surface area contributed by atoms with Gasteiger partial charge in [-0.05, 0) is 43.2 Å². The number of nitrogens with one attached hydrogen (secondary N) is 1. The van der Waals surface area contributed by atoms with Gasteiger partial charge in [-0.1, -0.05) is 35.6 Å². The second-order valence-electron chi connectivity index (χ2n) is 5.11. The van der Waals surface area contributed by atoms with Gasteiger partial charge in [0.05, 0.1) is 16.8 Å². The van der Waals surface area contributed by atoms with E-state index >= 15 is 0 Å². The summed E-state index contributed by atoms with van der Waals surface area (Å²) in [5, 5.41) is 3.53. The largest absolute Gasteiger partial charge is 0.494 e. The van der Waals surface area contributed by atoms with Crippen molar-refractivity contribution in [2.75, 3.05) is 11.9 Å². The van der Waals surface area contributed by atoms with E-state index in [-0.39, 0.29) is 5.91 Å². The minimum atomic E-state index is -0.0158. The number of aryl methyl sites for hydroxylation is 1. The van der Waals surface area contributed by atoms with E-state index in [0.717, 1.165) is 21.5 Å². The Morgan fingerprint density at radius 2 is 1.96 bits per heavy atom. The lowest BCUT2D eigenvalue weighted by Gasteiger charge is -2.05. The molecule has 0 spiro atoms. The van der Waals surface area contributed by atoms with E-state index in [2.05, 4.69) is 10.3 Å². The third-order valence-corrected chi connectivity index (χ3v) is 4.37. The number of hydrogen-bond acceptors (Lipinski definition) is 4. The Morgan fingerprint density at radius 3 is 2.70 bits per heavy atom. The summed E-state index contributed by atoms with van der Waals surface area (Å²) in [7, 11) is 0. The van der Waals surface area contributed by atoms with Crippen LogP contribution in [0.15, 0.2) is 48.5 Å². The van der Waals surface area contributed by atoms with Gasteiger partial charge in [0.1, 0.15) is 5.75 Å². The topological polar surface area (TPSA) is 51.2 Å². The molecule has 23 heavy (non-hydrogen) atoms. The van der Waals surface area contributed by atoms with Gasteiger partial charge < -0.3 is 10.1 Å². The van der Waals surface area contributed by atoms with Crippen LogP contribution in [0.1, 0.15) is 18.9 Å². The van der Waals surface area contributed by atoms with Gasteiger partial charge in [-0.25, -0.2) is 4.98 Å².